The van der Waals surface area contributed by atoms with Crippen molar-refractivity contribution < 1.29 is 9.18 Å². The van der Waals surface area contributed by atoms with E-state index in [1.807, 2.05) is 24.9 Å². The van der Waals surface area contributed by atoms with Gasteiger partial charge in [-0.1, -0.05) is 6.58 Å². The number of nitriles is 1. The Bertz CT molecular complexity index is 1540. The molecule has 2 aliphatic heterocycles. The Morgan fingerprint density at radius 2 is 2.11 bits per heavy atom. The van der Waals surface area contributed by atoms with Gasteiger partial charge in [-0.15, -0.1) is 0 Å². The predicted octanol–water partition coefficient (Wildman–Crippen LogP) is 3.91. The summed E-state index contributed by atoms with van der Waals surface area (Å²) in [5.41, 5.74) is 5.84. The van der Waals surface area contributed by atoms with Crippen molar-refractivity contribution >= 4 is 23.4 Å². The van der Waals surface area contributed by atoms with Gasteiger partial charge in [-0.3, -0.25) is 14.5 Å². The van der Waals surface area contributed by atoms with E-state index in [0.29, 0.717) is 49.5 Å². The van der Waals surface area contributed by atoms with Crippen LogP contribution in [0.25, 0.3) is 22.9 Å². The van der Waals surface area contributed by atoms with Gasteiger partial charge in [0.05, 0.1) is 17.6 Å². The third-order valence-corrected chi connectivity index (χ3v) is 8.08. The molecule has 5 heterocycles. The molecule has 0 aromatic carbocycles. The summed E-state index contributed by atoms with van der Waals surface area (Å²) in [6.07, 6.45) is 9.03. The number of aryl methyl sites for hydroxylation is 2. The largest absolute Gasteiger partial charge is 0.355 e. The monoisotopic (exact) mass is 509 g/mol. The highest BCUT2D eigenvalue weighted by molar-refractivity contribution is 5.89. The number of pyridine rings is 2. The molecular weight excluding hydrogens is 481 g/mol. The second kappa shape index (κ2) is 8.91. The average Bonchev–Trinajstić information content (AvgIpc) is 3.50. The Balaban J connectivity index is 1.48. The standard InChI is InChI=1S/C29H28FN7O/c1-4-24(38)37-16-29(17-37)9-11-36(15-29)28-21(13-31)25(26-22(30)6-5-10-32-26)20-8-7-19(12-23(20)34-28)27-18(2)14-33-35(27)3/h4-6,10,12,14H,1,7-9,11,15-17H2,2-3H3. The minimum absolute atomic E-state index is 0.0355. The number of fused-ring (bicyclic) bond motifs is 1. The van der Waals surface area contributed by atoms with Crippen LogP contribution in [0.2, 0.25) is 0 Å². The molecule has 0 bridgehead atoms. The molecule has 0 radical (unpaired) electrons. The van der Waals surface area contributed by atoms with Gasteiger partial charge in [-0.05, 0) is 67.2 Å². The molecule has 2 fully saturated rings. The third kappa shape index (κ3) is 3.71. The number of allylic oxidation sites excluding steroid dienone is 1. The maximum Gasteiger partial charge on any atom is 0.245 e. The molecule has 6 rings (SSSR count). The normalized spacial score (nSPS) is 17.6. The number of halogens is 1. The van der Waals surface area contributed by atoms with Crippen LogP contribution in [0, 0.1) is 29.5 Å². The molecule has 1 aliphatic carbocycles. The number of carbonyl (C=O) groups excluding carboxylic acids is 1. The highest BCUT2D eigenvalue weighted by Crippen LogP contribution is 2.45. The van der Waals surface area contributed by atoms with E-state index in [0.717, 1.165) is 40.9 Å². The van der Waals surface area contributed by atoms with E-state index >= 15 is 4.39 Å². The summed E-state index contributed by atoms with van der Waals surface area (Å²) in [6, 6.07) is 5.28. The number of carbonyl (C=O) groups is 1. The summed E-state index contributed by atoms with van der Waals surface area (Å²) in [7, 11) is 1.92. The van der Waals surface area contributed by atoms with Gasteiger partial charge in [0.2, 0.25) is 5.91 Å². The smallest absolute Gasteiger partial charge is 0.245 e. The number of likely N-dealkylation sites (tertiary alicyclic amines) is 1. The van der Waals surface area contributed by atoms with Crippen LogP contribution in [-0.2, 0) is 18.3 Å². The molecule has 1 amide bonds. The average molecular weight is 510 g/mol. The highest BCUT2D eigenvalue weighted by atomic mass is 19.1. The summed E-state index contributed by atoms with van der Waals surface area (Å²) in [6.45, 7) is 8.33. The van der Waals surface area contributed by atoms with Gasteiger partial charge in [0.15, 0.2) is 0 Å². The van der Waals surface area contributed by atoms with Gasteiger partial charge in [-0.2, -0.15) is 10.4 Å². The first-order chi connectivity index (χ1) is 18.3. The third-order valence-electron chi connectivity index (χ3n) is 8.08. The minimum Gasteiger partial charge on any atom is -0.355 e. The molecule has 38 heavy (non-hydrogen) atoms. The van der Waals surface area contributed by atoms with Crippen LogP contribution >= 0.6 is 0 Å². The minimum atomic E-state index is -0.462. The molecule has 0 saturated carbocycles. The second-order valence-corrected chi connectivity index (χ2v) is 10.5. The van der Waals surface area contributed by atoms with Crippen LogP contribution < -0.4 is 4.90 Å². The van der Waals surface area contributed by atoms with Gasteiger partial charge < -0.3 is 9.80 Å². The number of hydrogen-bond donors (Lipinski definition) is 0. The molecule has 3 aliphatic rings. The second-order valence-electron chi connectivity index (χ2n) is 10.5. The lowest BCUT2D eigenvalue weighted by molar-refractivity contribution is -0.136. The van der Waals surface area contributed by atoms with Crippen molar-refractivity contribution in [2.45, 2.75) is 26.2 Å². The van der Waals surface area contributed by atoms with Crippen molar-refractivity contribution in [1.82, 2.24) is 24.6 Å². The van der Waals surface area contributed by atoms with E-state index in [1.165, 1.54) is 12.1 Å². The Kier molecular flexibility index (Phi) is 5.64. The lowest BCUT2D eigenvalue weighted by atomic mass is 9.79. The molecule has 0 unspecified atom stereocenters. The molecule has 9 heteroatoms. The molecule has 192 valence electrons. The zero-order valence-corrected chi connectivity index (χ0v) is 21.5. The van der Waals surface area contributed by atoms with E-state index < -0.39 is 5.82 Å². The summed E-state index contributed by atoms with van der Waals surface area (Å²) < 4.78 is 17.0. The fraction of sp³-hybridized carbons (Fsp3) is 0.345. The van der Waals surface area contributed by atoms with Gasteiger partial charge in [0.25, 0.3) is 0 Å². The summed E-state index contributed by atoms with van der Waals surface area (Å²) in [5, 5.41) is 14.8. The van der Waals surface area contributed by atoms with E-state index in [1.54, 1.807) is 17.2 Å². The molecular formula is C29H28FN7O. The van der Waals surface area contributed by atoms with Crippen LogP contribution in [0.15, 0.2) is 37.2 Å². The first kappa shape index (κ1) is 24.0. The highest BCUT2D eigenvalue weighted by Gasteiger charge is 2.49. The summed E-state index contributed by atoms with van der Waals surface area (Å²) in [5.74, 6) is 0.0294. The number of nitrogens with zero attached hydrogens (tertiary/aromatic N) is 7. The first-order valence-corrected chi connectivity index (χ1v) is 12.8. The van der Waals surface area contributed by atoms with Gasteiger partial charge in [0, 0.05) is 50.4 Å². The Labute approximate surface area is 220 Å². The van der Waals surface area contributed by atoms with Gasteiger partial charge >= 0.3 is 0 Å². The zero-order valence-electron chi connectivity index (χ0n) is 21.5. The number of anilines is 1. The molecule has 3 aromatic heterocycles. The van der Waals surface area contributed by atoms with Crippen LogP contribution in [0.1, 0.15) is 40.9 Å². The van der Waals surface area contributed by atoms with E-state index in [4.69, 9.17) is 4.98 Å². The van der Waals surface area contributed by atoms with Crippen molar-refractivity contribution in [1.29, 1.82) is 5.26 Å². The lowest BCUT2D eigenvalue weighted by Crippen LogP contribution is -2.59. The van der Waals surface area contributed by atoms with Crippen molar-refractivity contribution in [2.24, 2.45) is 12.5 Å². The summed E-state index contributed by atoms with van der Waals surface area (Å²) >= 11 is 0. The predicted molar refractivity (Wildman–Crippen MR) is 142 cm³/mol. The van der Waals surface area contributed by atoms with Crippen molar-refractivity contribution in [3.63, 3.8) is 0 Å². The van der Waals surface area contributed by atoms with Crippen LogP contribution in [0.4, 0.5) is 10.2 Å². The van der Waals surface area contributed by atoms with Crippen molar-refractivity contribution in [3.05, 3.63) is 71.1 Å². The molecule has 2 saturated heterocycles. The maximum atomic E-state index is 15.1. The number of amides is 1. The van der Waals surface area contributed by atoms with E-state index in [-0.39, 0.29) is 17.0 Å². The van der Waals surface area contributed by atoms with Crippen molar-refractivity contribution in [2.75, 3.05) is 31.1 Å². The maximum absolute atomic E-state index is 15.1. The Morgan fingerprint density at radius 3 is 2.79 bits per heavy atom. The fourth-order valence-electron chi connectivity index (χ4n) is 6.28. The zero-order chi connectivity index (χ0) is 26.6. The van der Waals surface area contributed by atoms with Crippen LogP contribution in [0.3, 0.4) is 0 Å². The number of rotatable bonds is 4. The molecule has 0 atom stereocenters. The quantitative estimate of drug-likeness (QED) is 0.496. The van der Waals surface area contributed by atoms with Gasteiger partial charge in [0.1, 0.15) is 29.0 Å². The van der Waals surface area contributed by atoms with E-state index in [9.17, 15) is 10.1 Å². The Hall–Kier alpha value is -4.32. The fourth-order valence-corrected chi connectivity index (χ4v) is 6.28. The van der Waals surface area contributed by atoms with Gasteiger partial charge in [-0.25, -0.2) is 9.37 Å². The van der Waals surface area contributed by atoms with Crippen LogP contribution in [-0.4, -0.2) is 56.7 Å². The number of aromatic nitrogens is 4. The lowest BCUT2D eigenvalue weighted by Gasteiger charge is -2.47. The molecule has 0 N–H and O–H groups in total. The van der Waals surface area contributed by atoms with Crippen LogP contribution in [0.5, 0.6) is 0 Å². The molecule has 1 spiro atoms. The van der Waals surface area contributed by atoms with E-state index in [2.05, 4.69) is 33.7 Å². The topological polar surface area (TPSA) is 90.9 Å². The number of hydrogen-bond acceptors (Lipinski definition) is 6. The molecule has 3 aromatic rings. The molecule has 8 nitrogen and oxygen atoms in total. The summed E-state index contributed by atoms with van der Waals surface area (Å²) in [4.78, 5) is 25.4. The van der Waals surface area contributed by atoms with Crippen molar-refractivity contribution in [3.8, 4) is 17.3 Å². The first-order valence-electron chi connectivity index (χ1n) is 12.8. The SMILES string of the molecule is C=CC(=O)N1CC2(CCN(c3nc4c(c(-c5ncccc5F)c3C#N)CCC(c3c(C)cnn3C)=C4)C2)C1. The Morgan fingerprint density at radius 1 is 1.29 bits per heavy atom.